The van der Waals surface area contributed by atoms with Gasteiger partial charge in [0.2, 0.25) is 5.69 Å². The van der Waals surface area contributed by atoms with E-state index in [9.17, 15) is 0 Å². The highest BCUT2D eigenvalue weighted by Crippen LogP contribution is 2.52. The summed E-state index contributed by atoms with van der Waals surface area (Å²) in [5, 5.41) is 5.19. The van der Waals surface area contributed by atoms with Crippen LogP contribution in [0.15, 0.2) is 130 Å². The molecule has 2 heterocycles. The van der Waals surface area contributed by atoms with Crippen molar-refractivity contribution in [2.75, 3.05) is 25.1 Å². The molecular weight excluding hydrogens is 828 g/mol. The molecule has 57 heavy (non-hydrogen) atoms. The van der Waals surface area contributed by atoms with Crippen molar-refractivity contribution < 1.29 is 9.31 Å². The Morgan fingerprint density at radius 3 is 2.02 bits per heavy atom. The Hall–Kier alpha value is -4.19. The Kier molecular flexibility index (Phi) is 11.0. The molecule has 0 saturated carbocycles. The number of ether oxygens (including phenoxy) is 1. The van der Waals surface area contributed by atoms with Gasteiger partial charge in [0.15, 0.2) is 5.71 Å². The number of halogens is 2. The molecule has 0 fully saturated rings. The third-order valence-electron chi connectivity index (χ3n) is 12.6. The van der Waals surface area contributed by atoms with Gasteiger partial charge in [-0.25, -0.2) is 0 Å². The van der Waals surface area contributed by atoms with E-state index in [0.717, 1.165) is 51.8 Å². The Bertz CT molecular complexity index is 2560. The van der Waals surface area contributed by atoms with Crippen molar-refractivity contribution in [2.45, 2.75) is 90.9 Å². The van der Waals surface area contributed by atoms with Crippen molar-refractivity contribution in [3.63, 3.8) is 0 Å². The summed E-state index contributed by atoms with van der Waals surface area (Å²) in [6.07, 6.45) is 16.6. The van der Waals surface area contributed by atoms with E-state index in [1.165, 1.54) is 92.3 Å². The van der Waals surface area contributed by atoms with Crippen LogP contribution in [-0.4, -0.2) is 30.5 Å². The number of rotatable bonds is 12. The van der Waals surface area contributed by atoms with Crippen LogP contribution in [0.4, 0.5) is 11.4 Å². The smallest absolute Gasteiger partial charge is 0.210 e. The minimum absolute atomic E-state index is 0.190. The van der Waals surface area contributed by atoms with Gasteiger partial charge in [0.05, 0.1) is 12.5 Å². The van der Waals surface area contributed by atoms with E-state index in [-0.39, 0.29) is 10.8 Å². The number of nitrogens with zero attached hydrogens (tertiary/aromatic N) is 2. The maximum atomic E-state index is 6.41. The lowest BCUT2D eigenvalue weighted by molar-refractivity contribution is -0.438. The molecule has 0 unspecified atom stereocenters. The van der Waals surface area contributed by atoms with Gasteiger partial charge in [-0.1, -0.05) is 121 Å². The summed E-state index contributed by atoms with van der Waals surface area (Å²) in [6.45, 7) is 16.2. The Morgan fingerprint density at radius 1 is 0.684 bits per heavy atom. The van der Waals surface area contributed by atoms with Gasteiger partial charge in [-0.05, 0) is 120 Å². The fraction of sp³-hybridized carbons (Fsp3) is 0.327. The molecular formula is C52H55Br2N2O+. The molecule has 3 nitrogen and oxygen atoms in total. The minimum Gasteiger partial charge on any atom is -0.495 e. The average molecular weight is 884 g/mol. The Balaban J connectivity index is 1.24. The topological polar surface area (TPSA) is 15.5 Å². The zero-order chi connectivity index (χ0) is 40.1. The lowest BCUT2D eigenvalue weighted by atomic mass is 9.79. The van der Waals surface area contributed by atoms with Crippen LogP contribution in [0, 0.1) is 0 Å². The molecule has 3 aliphatic rings. The monoisotopic (exact) mass is 881 g/mol. The lowest BCUT2D eigenvalue weighted by Gasteiger charge is -2.27. The van der Waals surface area contributed by atoms with Gasteiger partial charge in [0.25, 0.3) is 0 Å². The third-order valence-corrected chi connectivity index (χ3v) is 13.6. The zero-order valence-electron chi connectivity index (χ0n) is 34.6. The van der Waals surface area contributed by atoms with Gasteiger partial charge in [-0.3, -0.25) is 0 Å². The van der Waals surface area contributed by atoms with Crippen molar-refractivity contribution in [1.82, 2.24) is 0 Å². The second-order valence-electron chi connectivity index (χ2n) is 17.0. The van der Waals surface area contributed by atoms with Gasteiger partial charge in [-0.15, -0.1) is 0 Å². The van der Waals surface area contributed by atoms with Crippen LogP contribution < -0.4 is 4.90 Å². The van der Waals surface area contributed by atoms with Crippen LogP contribution in [0.25, 0.3) is 32.7 Å². The number of fused-ring (bicyclic) bond motifs is 7. The van der Waals surface area contributed by atoms with E-state index < -0.39 is 0 Å². The van der Waals surface area contributed by atoms with Crippen LogP contribution in [0.1, 0.15) is 102 Å². The molecule has 5 heteroatoms. The van der Waals surface area contributed by atoms with Gasteiger partial charge >= 0.3 is 0 Å². The quantitative estimate of drug-likeness (QED) is 0.0916. The number of benzene rings is 5. The zero-order valence-corrected chi connectivity index (χ0v) is 37.8. The summed E-state index contributed by atoms with van der Waals surface area (Å²) in [5.41, 5.74) is 12.4. The predicted octanol–water partition coefficient (Wildman–Crippen LogP) is 15.0. The van der Waals surface area contributed by atoms with E-state index in [0.29, 0.717) is 0 Å². The fourth-order valence-electron chi connectivity index (χ4n) is 9.87. The van der Waals surface area contributed by atoms with E-state index in [1.807, 2.05) is 7.11 Å². The number of methoxy groups -OCH3 is 1. The van der Waals surface area contributed by atoms with Gasteiger partial charge in [0, 0.05) is 67.6 Å². The number of unbranched alkanes of at least 4 members (excludes halogenated alkanes) is 4. The summed E-state index contributed by atoms with van der Waals surface area (Å²) in [6, 6.07) is 31.5. The van der Waals surface area contributed by atoms with Crippen molar-refractivity contribution >= 4 is 81.6 Å². The second kappa shape index (κ2) is 15.9. The molecule has 5 aromatic rings. The first-order valence-electron chi connectivity index (χ1n) is 20.9. The molecule has 5 aromatic carbocycles. The van der Waals surface area contributed by atoms with Crippen molar-refractivity contribution in [3.8, 4) is 0 Å². The first-order valence-corrected chi connectivity index (χ1v) is 22.5. The van der Waals surface area contributed by atoms with E-state index in [1.54, 1.807) is 0 Å². The molecule has 1 aliphatic carbocycles. The molecule has 0 amide bonds. The van der Waals surface area contributed by atoms with Gasteiger partial charge in [0.1, 0.15) is 12.3 Å². The normalized spacial score (nSPS) is 18.2. The molecule has 0 spiro atoms. The third kappa shape index (κ3) is 6.87. The number of anilines is 1. The highest BCUT2D eigenvalue weighted by atomic mass is 79.9. The van der Waals surface area contributed by atoms with Crippen LogP contribution in [0.2, 0.25) is 0 Å². The van der Waals surface area contributed by atoms with Crippen molar-refractivity contribution in [2.24, 2.45) is 0 Å². The fourth-order valence-corrected chi connectivity index (χ4v) is 10.6. The van der Waals surface area contributed by atoms with E-state index >= 15 is 0 Å². The first kappa shape index (κ1) is 39.6. The summed E-state index contributed by atoms with van der Waals surface area (Å²) in [5.74, 6) is 0.923. The molecule has 0 aromatic heterocycles. The van der Waals surface area contributed by atoms with Gasteiger partial charge in [-0.2, -0.15) is 4.58 Å². The standard InChI is InChI=1S/C52H55Br2N2O/c1-8-10-14-30-55-44-26-18-34-32-36(53)20-22-38(34)48(44)51(3,4)46(55)28-24-42-40-16-12-13-17-41(40)43(50(42)57-7)25-29-47-52(5,6)49-39-23-21-37(54)33-35(39)19-27-45(49)56(47)31-15-11-9-2/h12-13,16-29,32-33H,8-11,14-15,30-31H2,1-7H3/q+1. The largest absolute Gasteiger partial charge is 0.495 e. The molecule has 0 atom stereocenters. The van der Waals surface area contributed by atoms with E-state index in [2.05, 4.69) is 192 Å². The van der Waals surface area contributed by atoms with Crippen LogP contribution in [0.3, 0.4) is 0 Å². The molecule has 0 N–H and O–H groups in total. The minimum atomic E-state index is -0.190. The van der Waals surface area contributed by atoms with Gasteiger partial charge < -0.3 is 9.64 Å². The Labute approximate surface area is 356 Å². The molecule has 292 valence electrons. The molecule has 8 rings (SSSR count). The number of hydrogen-bond acceptors (Lipinski definition) is 2. The summed E-state index contributed by atoms with van der Waals surface area (Å²) < 4.78 is 11.2. The van der Waals surface area contributed by atoms with Crippen molar-refractivity contribution in [3.05, 3.63) is 152 Å². The van der Waals surface area contributed by atoms with Crippen molar-refractivity contribution in [1.29, 1.82) is 0 Å². The SMILES string of the molecule is CCCCCN1/C(=C/C=C2C(OC)=C(/C=C/C3=[N+](CCCCC)c4ccc5cc(Br)ccc5c4C3(C)C)c3ccccc3/2)C(C)(C)c2c1ccc1cc(Br)ccc21. The van der Waals surface area contributed by atoms with Crippen LogP contribution >= 0.6 is 31.9 Å². The molecule has 0 radical (unpaired) electrons. The second-order valence-corrected chi connectivity index (χ2v) is 18.8. The first-order chi connectivity index (χ1) is 27.5. The maximum Gasteiger partial charge on any atom is 0.210 e. The predicted molar refractivity (Wildman–Crippen MR) is 251 cm³/mol. The summed E-state index contributed by atoms with van der Waals surface area (Å²) in [4.78, 5) is 2.59. The van der Waals surface area contributed by atoms with E-state index in [4.69, 9.17) is 4.74 Å². The highest BCUT2D eigenvalue weighted by Gasteiger charge is 2.46. The van der Waals surface area contributed by atoms with Crippen LogP contribution in [-0.2, 0) is 15.6 Å². The summed E-state index contributed by atoms with van der Waals surface area (Å²) >= 11 is 7.43. The summed E-state index contributed by atoms with van der Waals surface area (Å²) in [7, 11) is 1.83. The molecule has 0 bridgehead atoms. The average Bonchev–Trinajstić information content (AvgIpc) is 3.70. The Morgan fingerprint density at radius 2 is 1.33 bits per heavy atom. The molecule has 2 aliphatic heterocycles. The molecule has 0 saturated heterocycles. The number of allylic oxidation sites excluding steroid dienone is 7. The maximum absolute atomic E-state index is 6.41. The van der Waals surface area contributed by atoms with Crippen LogP contribution in [0.5, 0.6) is 0 Å². The lowest BCUT2D eigenvalue weighted by Crippen LogP contribution is -2.28. The highest BCUT2D eigenvalue weighted by molar-refractivity contribution is 9.10. The number of hydrogen-bond donors (Lipinski definition) is 0.